The van der Waals surface area contributed by atoms with Crippen LogP contribution in [0.4, 0.5) is 21.8 Å². The summed E-state index contributed by atoms with van der Waals surface area (Å²) in [7, 11) is 0. The topological polar surface area (TPSA) is 113 Å². The third-order valence-corrected chi connectivity index (χ3v) is 6.44. The molecule has 3 N–H and O–H groups in total. The van der Waals surface area contributed by atoms with E-state index in [1.54, 1.807) is 0 Å². The zero-order valence-corrected chi connectivity index (χ0v) is 17.8. The smallest absolute Gasteiger partial charge is 0.228 e. The Morgan fingerprint density at radius 2 is 2.06 bits per heavy atom. The van der Waals surface area contributed by atoms with Gasteiger partial charge in [-0.05, 0) is 49.9 Å². The van der Waals surface area contributed by atoms with Crippen molar-refractivity contribution >= 4 is 29.0 Å². The molecule has 0 aromatic carbocycles. The molecule has 2 fully saturated rings. The number of amides is 1. The van der Waals surface area contributed by atoms with Gasteiger partial charge in [-0.1, -0.05) is 6.42 Å². The van der Waals surface area contributed by atoms with Gasteiger partial charge >= 0.3 is 0 Å². The molecule has 2 saturated carbocycles. The second-order valence-corrected chi connectivity index (χ2v) is 8.75. The molecule has 168 valence electrons. The Labute approximate surface area is 188 Å². The Hall–Kier alpha value is -3.82. The standard InChI is InChI=1S/C23H23FN8O/c24-18-9-8-14(12-25-18)26-22(33)16-4-1-3-15(16)21-28-20-5-2-10-32(20)23(29-21)27-19-11-17(30-31-19)13-6-7-13/h2,5,8-13,15-16H,1,3-4,6-7H2,(H,26,33)(H2,27,28,29,30,31)/t15-,16-/m1/s1. The van der Waals surface area contributed by atoms with Crippen molar-refractivity contribution in [3.8, 4) is 0 Å². The predicted octanol–water partition coefficient (Wildman–Crippen LogP) is 4.13. The van der Waals surface area contributed by atoms with Crippen LogP contribution in [-0.2, 0) is 4.79 Å². The van der Waals surface area contributed by atoms with Crippen LogP contribution in [0.3, 0.4) is 0 Å². The molecule has 0 unspecified atom stereocenters. The molecule has 6 rings (SSSR count). The molecule has 0 saturated heterocycles. The Bertz CT molecular complexity index is 1310. The SMILES string of the molecule is O=C(Nc1ccc(F)nc1)[C@@H]1CCC[C@H]1c1nc(Nc2cc(C3CC3)[nH]n2)n2cccc2n1. The molecule has 2 aliphatic rings. The molecule has 10 heteroatoms. The molecule has 2 aliphatic carbocycles. The number of hydrogen-bond donors (Lipinski definition) is 3. The number of nitrogens with one attached hydrogen (secondary N) is 3. The highest BCUT2D eigenvalue weighted by molar-refractivity contribution is 5.93. The molecular weight excluding hydrogens is 423 g/mol. The molecule has 4 heterocycles. The summed E-state index contributed by atoms with van der Waals surface area (Å²) in [4.78, 5) is 26.2. The van der Waals surface area contributed by atoms with Gasteiger partial charge in [-0.25, -0.2) is 9.97 Å². The number of anilines is 3. The molecule has 0 bridgehead atoms. The molecule has 4 aromatic rings. The summed E-state index contributed by atoms with van der Waals surface area (Å²) >= 11 is 0. The van der Waals surface area contributed by atoms with Gasteiger partial charge in [0.2, 0.25) is 17.8 Å². The highest BCUT2D eigenvalue weighted by Gasteiger charge is 2.36. The average Bonchev–Trinajstić information content (AvgIpc) is 3.20. The van der Waals surface area contributed by atoms with E-state index < -0.39 is 5.95 Å². The van der Waals surface area contributed by atoms with Crippen molar-refractivity contribution in [1.82, 2.24) is 29.5 Å². The fraction of sp³-hybridized carbons (Fsp3) is 0.348. The minimum Gasteiger partial charge on any atom is -0.324 e. The van der Waals surface area contributed by atoms with Gasteiger partial charge in [0.1, 0.15) is 11.5 Å². The molecule has 1 amide bonds. The van der Waals surface area contributed by atoms with E-state index in [-0.39, 0.29) is 17.7 Å². The number of aromatic nitrogens is 6. The molecule has 0 radical (unpaired) electrons. The van der Waals surface area contributed by atoms with Gasteiger partial charge in [0.05, 0.1) is 11.9 Å². The molecule has 0 spiro atoms. The number of carbonyl (C=O) groups excluding carboxylic acids is 1. The lowest BCUT2D eigenvalue weighted by molar-refractivity contribution is -0.120. The van der Waals surface area contributed by atoms with Crippen molar-refractivity contribution in [1.29, 1.82) is 0 Å². The van der Waals surface area contributed by atoms with Gasteiger partial charge in [0, 0.05) is 35.7 Å². The summed E-state index contributed by atoms with van der Waals surface area (Å²) in [5.74, 6) is 1.45. The van der Waals surface area contributed by atoms with Crippen LogP contribution in [0.15, 0.2) is 42.7 Å². The first-order valence-corrected chi connectivity index (χ1v) is 11.2. The van der Waals surface area contributed by atoms with E-state index in [9.17, 15) is 9.18 Å². The summed E-state index contributed by atoms with van der Waals surface area (Å²) in [6, 6.07) is 8.60. The van der Waals surface area contributed by atoms with E-state index >= 15 is 0 Å². The van der Waals surface area contributed by atoms with Crippen LogP contribution >= 0.6 is 0 Å². The molecule has 0 aliphatic heterocycles. The average molecular weight is 446 g/mol. The third-order valence-electron chi connectivity index (χ3n) is 6.44. The van der Waals surface area contributed by atoms with E-state index in [1.165, 1.54) is 31.2 Å². The number of carbonyl (C=O) groups is 1. The predicted molar refractivity (Wildman–Crippen MR) is 120 cm³/mol. The maximum Gasteiger partial charge on any atom is 0.228 e. The van der Waals surface area contributed by atoms with Crippen molar-refractivity contribution in [2.24, 2.45) is 5.92 Å². The second kappa shape index (κ2) is 7.95. The normalized spacial score (nSPS) is 20.3. The van der Waals surface area contributed by atoms with Gasteiger partial charge in [0.25, 0.3) is 0 Å². The van der Waals surface area contributed by atoms with E-state index in [4.69, 9.17) is 9.97 Å². The first-order chi connectivity index (χ1) is 16.1. The quantitative estimate of drug-likeness (QED) is 0.384. The number of H-pyrrole nitrogens is 1. The fourth-order valence-electron chi connectivity index (χ4n) is 4.59. The monoisotopic (exact) mass is 446 g/mol. The minimum absolute atomic E-state index is 0.111. The van der Waals surface area contributed by atoms with E-state index in [1.807, 2.05) is 28.8 Å². The number of hydrogen-bond acceptors (Lipinski definition) is 6. The lowest BCUT2D eigenvalue weighted by Gasteiger charge is -2.19. The molecule has 33 heavy (non-hydrogen) atoms. The minimum atomic E-state index is -0.582. The Morgan fingerprint density at radius 3 is 2.88 bits per heavy atom. The summed E-state index contributed by atoms with van der Waals surface area (Å²) in [5.41, 5.74) is 2.37. The van der Waals surface area contributed by atoms with Crippen LogP contribution in [0.5, 0.6) is 0 Å². The molecule has 2 atom stereocenters. The van der Waals surface area contributed by atoms with E-state index in [0.29, 0.717) is 29.2 Å². The van der Waals surface area contributed by atoms with Crippen molar-refractivity contribution < 1.29 is 9.18 Å². The maximum absolute atomic E-state index is 13.1. The molecule has 4 aromatic heterocycles. The van der Waals surface area contributed by atoms with Gasteiger partial charge in [0.15, 0.2) is 5.82 Å². The third kappa shape index (κ3) is 3.92. The van der Waals surface area contributed by atoms with Crippen LogP contribution in [-0.4, -0.2) is 35.5 Å². The van der Waals surface area contributed by atoms with Crippen molar-refractivity contribution in [3.63, 3.8) is 0 Å². The van der Waals surface area contributed by atoms with Crippen LogP contribution in [0.1, 0.15) is 55.5 Å². The summed E-state index contributed by atoms with van der Waals surface area (Å²) in [6.45, 7) is 0. The molecule has 9 nitrogen and oxygen atoms in total. The van der Waals surface area contributed by atoms with E-state index in [0.717, 1.165) is 30.6 Å². The number of halogens is 1. The van der Waals surface area contributed by atoms with Crippen molar-refractivity contribution in [2.45, 2.75) is 43.9 Å². The zero-order valence-electron chi connectivity index (χ0n) is 17.8. The second-order valence-electron chi connectivity index (χ2n) is 8.75. The highest BCUT2D eigenvalue weighted by atomic mass is 19.1. The zero-order chi connectivity index (χ0) is 22.4. The van der Waals surface area contributed by atoms with Crippen LogP contribution < -0.4 is 10.6 Å². The van der Waals surface area contributed by atoms with Gasteiger partial charge in [-0.15, -0.1) is 0 Å². The highest BCUT2D eigenvalue weighted by Crippen LogP contribution is 2.41. The number of rotatable bonds is 6. The summed E-state index contributed by atoms with van der Waals surface area (Å²) < 4.78 is 15.0. The number of fused-ring (bicyclic) bond motifs is 1. The Kier molecular flexibility index (Phi) is 4.78. The van der Waals surface area contributed by atoms with Crippen LogP contribution in [0, 0.1) is 11.9 Å². The van der Waals surface area contributed by atoms with Crippen molar-refractivity contribution in [2.75, 3.05) is 10.6 Å². The Balaban J connectivity index is 1.27. The number of aromatic amines is 1. The maximum atomic E-state index is 13.1. The van der Waals surface area contributed by atoms with Gasteiger partial charge in [-0.2, -0.15) is 14.5 Å². The van der Waals surface area contributed by atoms with E-state index in [2.05, 4.69) is 25.8 Å². The largest absolute Gasteiger partial charge is 0.324 e. The van der Waals surface area contributed by atoms with Gasteiger partial charge in [-0.3, -0.25) is 14.3 Å². The van der Waals surface area contributed by atoms with Crippen molar-refractivity contribution in [3.05, 3.63) is 60.2 Å². The fourth-order valence-corrected chi connectivity index (χ4v) is 4.59. The van der Waals surface area contributed by atoms with Crippen LogP contribution in [0.25, 0.3) is 5.65 Å². The number of nitrogens with zero attached hydrogens (tertiary/aromatic N) is 5. The van der Waals surface area contributed by atoms with Gasteiger partial charge < -0.3 is 10.6 Å². The first kappa shape index (κ1) is 19.8. The first-order valence-electron chi connectivity index (χ1n) is 11.2. The lowest BCUT2D eigenvalue weighted by atomic mass is 9.94. The lowest BCUT2D eigenvalue weighted by Crippen LogP contribution is -2.26. The Morgan fingerprint density at radius 1 is 1.15 bits per heavy atom. The van der Waals surface area contributed by atoms with Crippen LogP contribution in [0.2, 0.25) is 0 Å². The molecular formula is C23H23FN8O. The summed E-state index contributed by atoms with van der Waals surface area (Å²) in [5, 5.41) is 13.7. The number of pyridine rings is 1. The summed E-state index contributed by atoms with van der Waals surface area (Å²) in [6.07, 6.45) is 8.09.